The summed E-state index contributed by atoms with van der Waals surface area (Å²) in [5.74, 6) is -1.25. The minimum absolute atomic E-state index is 0.0942. The van der Waals surface area contributed by atoms with Crippen LogP contribution in [0, 0.1) is 0 Å². The number of imide groups is 1. The fourth-order valence-electron chi connectivity index (χ4n) is 2.31. The Morgan fingerprint density at radius 2 is 1.86 bits per heavy atom. The quantitative estimate of drug-likeness (QED) is 0.623. The lowest BCUT2D eigenvalue weighted by Crippen LogP contribution is -2.41. The lowest BCUT2D eigenvalue weighted by molar-refractivity contribution is -0.130. The van der Waals surface area contributed by atoms with Gasteiger partial charge in [0.25, 0.3) is 11.1 Å². The third kappa shape index (κ3) is 6.35. The number of hydrogen-bond acceptors (Lipinski definition) is 7. The number of carbonyl (C=O) groups excluding carboxylic acids is 4. The summed E-state index contributed by atoms with van der Waals surface area (Å²) in [7, 11) is 0. The van der Waals surface area contributed by atoms with Crippen LogP contribution in [0.1, 0.15) is 36.7 Å². The third-order valence-electron chi connectivity index (χ3n) is 3.90. The first-order valence-electron chi connectivity index (χ1n) is 8.94. The van der Waals surface area contributed by atoms with Crippen molar-refractivity contribution in [3.63, 3.8) is 0 Å². The number of esters is 1. The first-order valence-corrected chi connectivity index (χ1v) is 9.93. The molecule has 0 aliphatic carbocycles. The molecule has 0 radical (unpaired) electrons. The molecule has 3 amide bonds. The van der Waals surface area contributed by atoms with Gasteiger partial charge in [-0.1, -0.05) is 23.9 Å². The van der Waals surface area contributed by atoms with E-state index in [0.717, 1.165) is 22.2 Å². The van der Waals surface area contributed by atoms with Gasteiger partial charge < -0.3 is 14.8 Å². The molecule has 9 heteroatoms. The Morgan fingerprint density at radius 1 is 1.18 bits per heavy atom. The van der Waals surface area contributed by atoms with Crippen molar-refractivity contribution in [2.45, 2.75) is 39.6 Å². The molecule has 8 nitrogen and oxygen atoms in total. The molecule has 1 fully saturated rings. The number of nitrogens with one attached hydrogen (secondary N) is 1. The molecule has 1 aromatic rings. The van der Waals surface area contributed by atoms with E-state index >= 15 is 0 Å². The SMILES string of the molecule is CC(C)OCc1ccc(C(=O)O[C@H](C)C(=O)NCCN2C(=O)CSC2=O)cc1. The summed E-state index contributed by atoms with van der Waals surface area (Å²) in [6, 6.07) is 6.78. The number of benzene rings is 1. The maximum atomic E-state index is 12.2. The molecule has 152 valence electrons. The first-order chi connectivity index (χ1) is 13.3. The van der Waals surface area contributed by atoms with Crippen LogP contribution in [0.15, 0.2) is 24.3 Å². The predicted molar refractivity (Wildman–Crippen MR) is 104 cm³/mol. The standard InChI is InChI=1S/C19H24N2O6S/c1-12(2)26-10-14-4-6-15(7-5-14)18(24)27-13(3)17(23)20-8-9-21-16(22)11-28-19(21)25/h4-7,12-13H,8-11H2,1-3H3,(H,20,23)/t13-/m1/s1. The van der Waals surface area contributed by atoms with E-state index in [1.165, 1.54) is 6.92 Å². The molecule has 1 atom stereocenters. The van der Waals surface area contributed by atoms with E-state index in [-0.39, 0.29) is 36.1 Å². The predicted octanol–water partition coefficient (Wildman–Crippen LogP) is 1.97. The number of rotatable bonds is 9. The minimum Gasteiger partial charge on any atom is -0.449 e. The molecule has 1 aromatic carbocycles. The number of thioether (sulfide) groups is 1. The van der Waals surface area contributed by atoms with Gasteiger partial charge in [-0.05, 0) is 38.5 Å². The molecule has 1 aliphatic heterocycles. The average Bonchev–Trinajstić information content (AvgIpc) is 2.98. The zero-order valence-electron chi connectivity index (χ0n) is 16.1. The van der Waals surface area contributed by atoms with Gasteiger partial charge in [-0.15, -0.1) is 0 Å². The van der Waals surface area contributed by atoms with Crippen LogP contribution in [0.4, 0.5) is 4.79 Å². The largest absolute Gasteiger partial charge is 0.449 e. The van der Waals surface area contributed by atoms with Gasteiger partial charge in [-0.25, -0.2) is 4.79 Å². The van der Waals surface area contributed by atoms with Gasteiger partial charge in [0.1, 0.15) is 0 Å². The van der Waals surface area contributed by atoms with E-state index in [9.17, 15) is 19.2 Å². The topological polar surface area (TPSA) is 102 Å². The van der Waals surface area contributed by atoms with Crippen LogP contribution < -0.4 is 5.32 Å². The van der Waals surface area contributed by atoms with Crippen LogP contribution in [0.2, 0.25) is 0 Å². The molecule has 1 N–H and O–H groups in total. The van der Waals surface area contributed by atoms with Crippen molar-refractivity contribution < 1.29 is 28.7 Å². The van der Waals surface area contributed by atoms with Crippen molar-refractivity contribution in [2.75, 3.05) is 18.8 Å². The Hall–Kier alpha value is -2.39. The number of hydrogen-bond donors (Lipinski definition) is 1. The van der Waals surface area contributed by atoms with Crippen LogP contribution in [0.5, 0.6) is 0 Å². The summed E-state index contributed by atoms with van der Waals surface area (Å²) in [6.45, 7) is 5.99. The second-order valence-electron chi connectivity index (χ2n) is 6.50. The van der Waals surface area contributed by atoms with Gasteiger partial charge in [0.05, 0.1) is 24.0 Å². The molecule has 0 saturated carbocycles. The summed E-state index contributed by atoms with van der Waals surface area (Å²) in [5.41, 5.74) is 1.26. The molecule has 2 rings (SSSR count). The monoisotopic (exact) mass is 408 g/mol. The molecule has 0 aromatic heterocycles. The molecular weight excluding hydrogens is 384 g/mol. The highest BCUT2D eigenvalue weighted by Crippen LogP contribution is 2.17. The maximum Gasteiger partial charge on any atom is 0.338 e. The zero-order valence-corrected chi connectivity index (χ0v) is 16.9. The second kappa shape index (κ2) is 10.2. The Labute approximate surface area is 167 Å². The van der Waals surface area contributed by atoms with E-state index in [2.05, 4.69) is 5.32 Å². The average molecular weight is 408 g/mol. The van der Waals surface area contributed by atoms with Crippen molar-refractivity contribution in [1.82, 2.24) is 10.2 Å². The van der Waals surface area contributed by atoms with Gasteiger partial charge in [-0.3, -0.25) is 19.3 Å². The Bertz CT molecular complexity index is 718. The fourth-order valence-corrected chi connectivity index (χ4v) is 3.07. The zero-order chi connectivity index (χ0) is 20.7. The summed E-state index contributed by atoms with van der Waals surface area (Å²) < 4.78 is 10.7. The fraction of sp³-hybridized carbons (Fsp3) is 0.474. The molecular formula is C19H24N2O6S. The van der Waals surface area contributed by atoms with Crippen LogP contribution in [0.25, 0.3) is 0 Å². The molecule has 0 bridgehead atoms. The minimum atomic E-state index is -1.00. The number of amides is 3. The normalized spacial score (nSPS) is 15.1. The van der Waals surface area contributed by atoms with E-state index < -0.39 is 18.0 Å². The smallest absolute Gasteiger partial charge is 0.338 e. The van der Waals surface area contributed by atoms with Crippen LogP contribution in [0.3, 0.4) is 0 Å². The molecule has 1 aliphatic rings. The highest BCUT2D eigenvalue weighted by molar-refractivity contribution is 8.14. The summed E-state index contributed by atoms with van der Waals surface area (Å²) in [4.78, 5) is 48.3. The Kier molecular flexibility index (Phi) is 8.01. The van der Waals surface area contributed by atoms with E-state index in [1.807, 2.05) is 13.8 Å². The van der Waals surface area contributed by atoms with Gasteiger partial charge >= 0.3 is 5.97 Å². The Balaban J connectivity index is 1.77. The Morgan fingerprint density at radius 3 is 2.43 bits per heavy atom. The number of carbonyl (C=O) groups is 4. The van der Waals surface area contributed by atoms with Crippen molar-refractivity contribution in [2.24, 2.45) is 0 Å². The molecule has 0 spiro atoms. The lowest BCUT2D eigenvalue weighted by Gasteiger charge is -2.16. The third-order valence-corrected chi connectivity index (χ3v) is 4.76. The van der Waals surface area contributed by atoms with E-state index in [4.69, 9.17) is 9.47 Å². The summed E-state index contributed by atoms with van der Waals surface area (Å²) in [5, 5.41) is 2.24. The van der Waals surface area contributed by atoms with Crippen molar-refractivity contribution >= 4 is 34.8 Å². The van der Waals surface area contributed by atoms with Crippen molar-refractivity contribution in [3.05, 3.63) is 35.4 Å². The molecule has 1 heterocycles. The van der Waals surface area contributed by atoms with Gasteiger partial charge in [-0.2, -0.15) is 0 Å². The van der Waals surface area contributed by atoms with Gasteiger partial charge in [0.15, 0.2) is 6.10 Å². The van der Waals surface area contributed by atoms with Gasteiger partial charge in [0.2, 0.25) is 5.91 Å². The van der Waals surface area contributed by atoms with Gasteiger partial charge in [0, 0.05) is 13.1 Å². The first kappa shape index (κ1) is 21.9. The van der Waals surface area contributed by atoms with Crippen LogP contribution in [-0.4, -0.2) is 59.0 Å². The molecule has 1 saturated heterocycles. The second-order valence-corrected chi connectivity index (χ2v) is 7.42. The van der Waals surface area contributed by atoms with E-state index in [0.29, 0.717) is 12.2 Å². The number of nitrogens with zero attached hydrogens (tertiary/aromatic N) is 1. The lowest BCUT2D eigenvalue weighted by atomic mass is 10.1. The molecule has 28 heavy (non-hydrogen) atoms. The van der Waals surface area contributed by atoms with Crippen molar-refractivity contribution in [3.8, 4) is 0 Å². The van der Waals surface area contributed by atoms with Crippen molar-refractivity contribution in [1.29, 1.82) is 0 Å². The molecule has 0 unspecified atom stereocenters. The van der Waals surface area contributed by atoms with Crippen LogP contribution in [-0.2, 0) is 25.7 Å². The summed E-state index contributed by atoms with van der Waals surface area (Å²) >= 11 is 0.937. The number of ether oxygens (including phenoxy) is 2. The maximum absolute atomic E-state index is 12.2. The van der Waals surface area contributed by atoms with Crippen LogP contribution >= 0.6 is 11.8 Å². The highest BCUT2D eigenvalue weighted by atomic mass is 32.2. The summed E-state index contributed by atoms with van der Waals surface area (Å²) in [6.07, 6.45) is -0.889. The van der Waals surface area contributed by atoms with E-state index in [1.54, 1.807) is 24.3 Å². The highest BCUT2D eigenvalue weighted by Gasteiger charge is 2.29.